The SMILES string of the molecule is COc1ccc2nccc([C@H](F)CC[C@@H]3CCN(CC#Cc4cccc(Cl)c4)C[C@@H]3CC(=O)O)c2c1. The fourth-order valence-corrected chi connectivity index (χ4v) is 5.21. The molecule has 4 rings (SSSR count). The van der Waals surface area contributed by atoms with Crippen molar-refractivity contribution in [3.8, 4) is 17.6 Å². The van der Waals surface area contributed by atoms with Gasteiger partial charge in [-0.15, -0.1) is 0 Å². The van der Waals surface area contributed by atoms with Crippen molar-refractivity contribution in [2.75, 3.05) is 26.7 Å². The molecule has 0 bridgehead atoms. The minimum absolute atomic E-state index is 0.0364. The summed E-state index contributed by atoms with van der Waals surface area (Å²) in [5, 5.41) is 10.9. The zero-order chi connectivity index (χ0) is 25.5. The van der Waals surface area contributed by atoms with Crippen molar-refractivity contribution in [2.45, 2.75) is 31.9 Å². The van der Waals surface area contributed by atoms with Crippen LogP contribution in [0.25, 0.3) is 10.9 Å². The third kappa shape index (κ3) is 6.75. The summed E-state index contributed by atoms with van der Waals surface area (Å²) in [4.78, 5) is 18.1. The minimum Gasteiger partial charge on any atom is -0.497 e. The molecule has 0 amide bonds. The second kappa shape index (κ2) is 12.2. The Morgan fingerprint density at radius 2 is 2.14 bits per heavy atom. The lowest BCUT2D eigenvalue weighted by atomic mass is 9.79. The topological polar surface area (TPSA) is 62.7 Å². The van der Waals surface area contributed by atoms with E-state index in [1.807, 2.05) is 42.5 Å². The highest BCUT2D eigenvalue weighted by atomic mass is 35.5. The Bertz CT molecular complexity index is 1270. The van der Waals surface area contributed by atoms with Gasteiger partial charge in [0.05, 0.1) is 19.2 Å². The predicted molar refractivity (Wildman–Crippen MR) is 140 cm³/mol. The third-order valence-electron chi connectivity index (χ3n) is 6.88. The first kappa shape index (κ1) is 25.9. The van der Waals surface area contributed by atoms with Gasteiger partial charge >= 0.3 is 5.97 Å². The van der Waals surface area contributed by atoms with Crippen molar-refractivity contribution in [3.63, 3.8) is 0 Å². The first-order chi connectivity index (χ1) is 17.4. The molecule has 1 saturated heterocycles. The summed E-state index contributed by atoms with van der Waals surface area (Å²) >= 11 is 6.02. The maximum absolute atomic E-state index is 15.5. The zero-order valence-corrected chi connectivity index (χ0v) is 21.0. The van der Waals surface area contributed by atoms with Gasteiger partial charge in [-0.25, -0.2) is 4.39 Å². The standard InChI is InChI=1S/C29H30ClFN2O3/c1-36-24-8-10-28-26(18-24)25(11-13-32-28)27(31)9-7-21-12-15-33(19-22(21)17-29(34)35)14-3-5-20-4-2-6-23(30)16-20/h2,4,6,8,10-11,13,16,18,21-22,27H,7,9,12,14-15,17,19H2,1H3,(H,34,35)/t21-,22+,27-/m1/s1. The number of alkyl halides is 1. The Morgan fingerprint density at radius 1 is 1.28 bits per heavy atom. The number of pyridine rings is 1. The van der Waals surface area contributed by atoms with Gasteiger partial charge in [-0.05, 0) is 85.7 Å². The maximum Gasteiger partial charge on any atom is 0.303 e. The number of halogens is 2. The van der Waals surface area contributed by atoms with Gasteiger partial charge in [0, 0.05) is 35.1 Å². The Morgan fingerprint density at radius 3 is 2.92 bits per heavy atom. The molecule has 36 heavy (non-hydrogen) atoms. The number of rotatable bonds is 8. The number of methoxy groups -OCH3 is 1. The number of ether oxygens (including phenoxy) is 1. The fraction of sp³-hybridized carbons (Fsp3) is 0.379. The highest BCUT2D eigenvalue weighted by molar-refractivity contribution is 6.30. The van der Waals surface area contributed by atoms with E-state index in [1.54, 1.807) is 19.4 Å². The molecule has 0 spiro atoms. The molecule has 2 heterocycles. The van der Waals surface area contributed by atoms with Crippen LogP contribution in [-0.2, 0) is 4.79 Å². The molecule has 1 fully saturated rings. The molecule has 1 aliphatic heterocycles. The lowest BCUT2D eigenvalue weighted by molar-refractivity contribution is -0.139. The molecule has 3 aromatic rings. The van der Waals surface area contributed by atoms with Gasteiger partial charge in [-0.3, -0.25) is 14.7 Å². The van der Waals surface area contributed by atoms with E-state index in [0.717, 1.165) is 29.4 Å². The molecule has 1 aromatic heterocycles. The quantitative estimate of drug-likeness (QED) is 0.370. The van der Waals surface area contributed by atoms with Crippen LogP contribution in [0.15, 0.2) is 54.7 Å². The Balaban J connectivity index is 1.39. The third-order valence-corrected chi connectivity index (χ3v) is 7.12. The number of carbonyl (C=O) groups is 1. The van der Waals surface area contributed by atoms with Gasteiger partial charge in [-0.2, -0.15) is 0 Å². The van der Waals surface area contributed by atoms with Gasteiger partial charge in [0.15, 0.2) is 0 Å². The van der Waals surface area contributed by atoms with Crippen molar-refractivity contribution in [1.29, 1.82) is 0 Å². The molecular weight excluding hydrogens is 479 g/mol. The highest BCUT2D eigenvalue weighted by Crippen LogP contribution is 2.36. The van der Waals surface area contributed by atoms with Crippen LogP contribution in [0.4, 0.5) is 4.39 Å². The van der Waals surface area contributed by atoms with Crippen molar-refractivity contribution in [2.24, 2.45) is 11.8 Å². The summed E-state index contributed by atoms with van der Waals surface area (Å²) in [6.07, 6.45) is 2.35. The highest BCUT2D eigenvalue weighted by Gasteiger charge is 2.31. The van der Waals surface area contributed by atoms with Crippen LogP contribution in [0.5, 0.6) is 5.75 Å². The van der Waals surface area contributed by atoms with Crippen LogP contribution in [0.3, 0.4) is 0 Å². The minimum atomic E-state index is -1.16. The lowest BCUT2D eigenvalue weighted by Crippen LogP contribution is -2.41. The number of aromatic nitrogens is 1. The first-order valence-corrected chi connectivity index (χ1v) is 12.6. The van der Waals surface area contributed by atoms with Gasteiger partial charge in [0.1, 0.15) is 11.9 Å². The maximum atomic E-state index is 15.5. The van der Waals surface area contributed by atoms with Crippen molar-refractivity contribution in [3.05, 3.63) is 70.9 Å². The van der Waals surface area contributed by atoms with Gasteiger partial charge in [-0.1, -0.05) is 29.5 Å². The molecule has 1 aliphatic rings. The number of likely N-dealkylation sites (tertiary alicyclic amines) is 1. The van der Waals surface area contributed by atoms with E-state index < -0.39 is 12.1 Å². The van der Waals surface area contributed by atoms with E-state index in [9.17, 15) is 9.90 Å². The van der Waals surface area contributed by atoms with Crippen LogP contribution in [-0.4, -0.2) is 47.7 Å². The molecule has 1 N–H and O–H groups in total. The summed E-state index contributed by atoms with van der Waals surface area (Å²) in [5.41, 5.74) is 2.18. The second-order valence-corrected chi connectivity index (χ2v) is 9.72. The monoisotopic (exact) mass is 508 g/mol. The van der Waals surface area contributed by atoms with E-state index in [-0.39, 0.29) is 18.3 Å². The second-order valence-electron chi connectivity index (χ2n) is 9.28. The molecule has 5 nitrogen and oxygen atoms in total. The number of fused-ring (bicyclic) bond motifs is 1. The van der Waals surface area contributed by atoms with Crippen LogP contribution in [0, 0.1) is 23.7 Å². The smallest absolute Gasteiger partial charge is 0.303 e. The zero-order valence-electron chi connectivity index (χ0n) is 20.3. The Kier molecular flexibility index (Phi) is 8.79. The summed E-state index contributed by atoms with van der Waals surface area (Å²) in [6, 6.07) is 14.6. The van der Waals surface area contributed by atoms with Crippen molar-refractivity contribution >= 4 is 28.5 Å². The van der Waals surface area contributed by atoms with Gasteiger partial charge in [0.25, 0.3) is 0 Å². The largest absolute Gasteiger partial charge is 0.497 e. The number of aliphatic carboxylic acids is 1. The molecule has 0 radical (unpaired) electrons. The van der Waals surface area contributed by atoms with E-state index in [1.165, 1.54) is 0 Å². The fourth-order valence-electron chi connectivity index (χ4n) is 5.02. The summed E-state index contributed by atoms with van der Waals surface area (Å²) in [5.74, 6) is 6.26. The van der Waals surface area contributed by atoms with Gasteiger partial charge < -0.3 is 9.84 Å². The molecule has 0 aliphatic carbocycles. The number of hydrogen-bond donors (Lipinski definition) is 1. The molecular formula is C29H30ClFN2O3. The molecule has 7 heteroatoms. The predicted octanol–water partition coefficient (Wildman–Crippen LogP) is 6.15. The van der Waals surface area contributed by atoms with Crippen LogP contribution in [0.2, 0.25) is 5.02 Å². The number of carboxylic acids is 1. The van der Waals surface area contributed by atoms with E-state index >= 15 is 4.39 Å². The molecule has 188 valence electrons. The van der Waals surface area contributed by atoms with Crippen molar-refractivity contribution in [1.82, 2.24) is 9.88 Å². The van der Waals surface area contributed by atoms with E-state index in [2.05, 4.69) is 21.7 Å². The van der Waals surface area contributed by atoms with Crippen LogP contribution in [0.1, 0.15) is 43.0 Å². The van der Waals surface area contributed by atoms with Crippen LogP contribution >= 0.6 is 11.6 Å². The number of benzene rings is 2. The number of nitrogens with zero attached hydrogens (tertiary/aromatic N) is 2. The summed E-state index contributed by atoms with van der Waals surface area (Å²) < 4.78 is 20.8. The van der Waals surface area contributed by atoms with E-state index in [4.69, 9.17) is 16.3 Å². The number of carboxylic acid groups (broad SMARTS) is 1. The molecule has 0 unspecified atom stereocenters. The first-order valence-electron chi connectivity index (χ1n) is 12.2. The molecule has 0 saturated carbocycles. The van der Waals surface area contributed by atoms with Gasteiger partial charge in [0.2, 0.25) is 0 Å². The Hall–Kier alpha value is -3.14. The van der Waals surface area contributed by atoms with E-state index in [0.29, 0.717) is 42.3 Å². The lowest BCUT2D eigenvalue weighted by Gasteiger charge is -2.37. The summed E-state index contributed by atoms with van der Waals surface area (Å²) in [6.45, 7) is 2.02. The van der Waals surface area contributed by atoms with Crippen LogP contribution < -0.4 is 4.74 Å². The van der Waals surface area contributed by atoms with Crippen molar-refractivity contribution < 1.29 is 19.0 Å². The average Bonchev–Trinajstić information content (AvgIpc) is 2.87. The molecule has 2 aromatic carbocycles. The molecule has 3 atom stereocenters. The summed E-state index contributed by atoms with van der Waals surface area (Å²) in [7, 11) is 1.59. The number of hydrogen-bond acceptors (Lipinski definition) is 4. The number of piperidine rings is 1. The normalized spacial score (nSPS) is 18.9. The Labute approximate surface area is 216 Å². The average molecular weight is 509 g/mol.